The number of hydrogen-bond acceptors (Lipinski definition) is 1. The van der Waals surface area contributed by atoms with Gasteiger partial charge in [0.15, 0.2) is 0 Å². The highest BCUT2D eigenvalue weighted by molar-refractivity contribution is 6.40. The standard InChI is InChI=1S/C18H35B2N/c1-4-6-8-10-12-17(3,13-11-9-7-5-2)21-15-14-18(19,20)16-21/h4-16H2,1-3H3. The van der Waals surface area contributed by atoms with Crippen LogP contribution in [0.3, 0.4) is 0 Å². The lowest BCUT2D eigenvalue weighted by Gasteiger charge is -2.40. The highest BCUT2D eigenvalue weighted by Gasteiger charge is 2.38. The Morgan fingerprint density at radius 2 is 1.43 bits per heavy atom. The molecule has 0 saturated carbocycles. The van der Waals surface area contributed by atoms with Gasteiger partial charge in [0.05, 0.1) is 15.7 Å². The number of nitrogens with zero attached hydrogens (tertiary/aromatic N) is 1. The van der Waals surface area contributed by atoms with Crippen molar-refractivity contribution in [3.8, 4) is 0 Å². The molecule has 1 nitrogen and oxygen atoms in total. The maximum absolute atomic E-state index is 6.15. The third-order valence-electron chi connectivity index (χ3n) is 5.23. The Kier molecular flexibility index (Phi) is 8.46. The van der Waals surface area contributed by atoms with Crippen molar-refractivity contribution in [2.24, 2.45) is 0 Å². The normalized spacial score (nSPS) is 19.2. The highest BCUT2D eigenvalue weighted by Crippen LogP contribution is 2.39. The van der Waals surface area contributed by atoms with Crippen LogP contribution in [0.1, 0.15) is 91.4 Å². The Hall–Kier alpha value is 0.0899. The van der Waals surface area contributed by atoms with Gasteiger partial charge in [-0.1, -0.05) is 70.4 Å². The molecule has 0 unspecified atom stereocenters. The summed E-state index contributed by atoms with van der Waals surface area (Å²) in [5.74, 6) is 0. The van der Waals surface area contributed by atoms with E-state index in [0.717, 1.165) is 19.5 Å². The second kappa shape index (κ2) is 9.28. The van der Waals surface area contributed by atoms with Gasteiger partial charge >= 0.3 is 0 Å². The summed E-state index contributed by atoms with van der Waals surface area (Å²) in [5, 5.41) is -0.464. The first kappa shape index (κ1) is 19.1. The fraction of sp³-hybridized carbons (Fsp3) is 1.00. The lowest BCUT2D eigenvalue weighted by molar-refractivity contribution is 0.106. The average Bonchev–Trinajstić information content (AvgIpc) is 2.81. The van der Waals surface area contributed by atoms with Crippen molar-refractivity contribution in [3.05, 3.63) is 0 Å². The van der Waals surface area contributed by atoms with Crippen LogP contribution < -0.4 is 0 Å². The van der Waals surface area contributed by atoms with Crippen LogP contribution in [-0.2, 0) is 0 Å². The van der Waals surface area contributed by atoms with Crippen LogP contribution in [0.2, 0.25) is 5.21 Å². The Bertz CT molecular complexity index is 266. The van der Waals surface area contributed by atoms with Gasteiger partial charge in [-0.05, 0) is 39.3 Å². The van der Waals surface area contributed by atoms with Crippen molar-refractivity contribution in [3.63, 3.8) is 0 Å². The first-order valence-corrected chi connectivity index (χ1v) is 9.26. The van der Waals surface area contributed by atoms with Crippen molar-refractivity contribution in [2.45, 2.75) is 102 Å². The molecular formula is C18H35B2N. The molecule has 0 spiro atoms. The Balaban J connectivity index is 2.51. The van der Waals surface area contributed by atoms with E-state index in [2.05, 4.69) is 25.7 Å². The molecule has 1 aliphatic rings. The molecule has 0 aromatic heterocycles. The summed E-state index contributed by atoms with van der Waals surface area (Å²) in [6.07, 6.45) is 14.3. The molecule has 118 valence electrons. The number of unbranched alkanes of at least 4 members (excludes halogenated alkanes) is 6. The van der Waals surface area contributed by atoms with Crippen LogP contribution in [0.25, 0.3) is 0 Å². The highest BCUT2D eigenvalue weighted by atomic mass is 15.2. The molecule has 0 aromatic rings. The minimum absolute atomic E-state index is 0.308. The summed E-state index contributed by atoms with van der Waals surface area (Å²) in [6, 6.07) is 0. The summed E-state index contributed by atoms with van der Waals surface area (Å²) in [5.41, 5.74) is 0.308. The summed E-state index contributed by atoms with van der Waals surface area (Å²) in [6.45, 7) is 8.95. The molecule has 0 bridgehead atoms. The lowest BCUT2D eigenvalue weighted by atomic mass is 9.54. The van der Waals surface area contributed by atoms with Gasteiger partial charge in [-0.3, -0.25) is 4.90 Å². The van der Waals surface area contributed by atoms with Gasteiger partial charge < -0.3 is 0 Å². The second-order valence-electron chi connectivity index (χ2n) is 7.52. The van der Waals surface area contributed by atoms with Gasteiger partial charge in [0, 0.05) is 5.54 Å². The van der Waals surface area contributed by atoms with Crippen LogP contribution in [0.4, 0.5) is 0 Å². The van der Waals surface area contributed by atoms with Crippen molar-refractivity contribution in [2.75, 3.05) is 13.1 Å². The minimum atomic E-state index is -0.464. The van der Waals surface area contributed by atoms with E-state index in [1.165, 1.54) is 64.2 Å². The molecule has 1 saturated heterocycles. The minimum Gasteiger partial charge on any atom is -0.299 e. The van der Waals surface area contributed by atoms with Crippen molar-refractivity contribution in [1.29, 1.82) is 0 Å². The zero-order chi connectivity index (χ0) is 15.8. The smallest absolute Gasteiger partial charge is 0.0638 e. The predicted molar refractivity (Wildman–Crippen MR) is 96.3 cm³/mol. The van der Waals surface area contributed by atoms with E-state index in [4.69, 9.17) is 15.7 Å². The molecule has 1 fully saturated rings. The number of rotatable bonds is 11. The van der Waals surface area contributed by atoms with E-state index in [-0.39, 0.29) is 0 Å². The van der Waals surface area contributed by atoms with E-state index in [1.54, 1.807) is 0 Å². The molecule has 1 heterocycles. The molecule has 1 rings (SSSR count). The van der Waals surface area contributed by atoms with E-state index in [0.29, 0.717) is 5.54 Å². The molecule has 0 aromatic carbocycles. The first-order valence-electron chi connectivity index (χ1n) is 9.26. The summed E-state index contributed by atoms with van der Waals surface area (Å²) < 4.78 is 0. The van der Waals surface area contributed by atoms with Gasteiger partial charge in [0.1, 0.15) is 0 Å². The largest absolute Gasteiger partial charge is 0.299 e. The van der Waals surface area contributed by atoms with Gasteiger partial charge in [-0.2, -0.15) is 0 Å². The monoisotopic (exact) mass is 287 g/mol. The van der Waals surface area contributed by atoms with E-state index < -0.39 is 5.21 Å². The molecule has 1 aliphatic heterocycles. The van der Waals surface area contributed by atoms with Crippen LogP contribution in [-0.4, -0.2) is 39.2 Å². The Labute approximate surface area is 136 Å². The Morgan fingerprint density at radius 1 is 0.905 bits per heavy atom. The zero-order valence-electron chi connectivity index (χ0n) is 14.8. The molecular weight excluding hydrogens is 252 g/mol. The average molecular weight is 287 g/mol. The fourth-order valence-corrected chi connectivity index (χ4v) is 3.62. The van der Waals surface area contributed by atoms with Crippen molar-refractivity contribution < 1.29 is 0 Å². The van der Waals surface area contributed by atoms with Gasteiger partial charge in [-0.25, -0.2) is 0 Å². The van der Waals surface area contributed by atoms with Gasteiger partial charge in [0.2, 0.25) is 0 Å². The maximum atomic E-state index is 6.15. The first-order chi connectivity index (χ1) is 9.93. The van der Waals surface area contributed by atoms with Crippen LogP contribution >= 0.6 is 0 Å². The van der Waals surface area contributed by atoms with Crippen LogP contribution in [0, 0.1) is 0 Å². The van der Waals surface area contributed by atoms with Gasteiger partial charge in [0.25, 0.3) is 0 Å². The zero-order valence-corrected chi connectivity index (χ0v) is 14.8. The van der Waals surface area contributed by atoms with Gasteiger partial charge in [-0.15, -0.1) is 0 Å². The topological polar surface area (TPSA) is 3.24 Å². The quantitative estimate of drug-likeness (QED) is 0.388. The molecule has 4 radical (unpaired) electrons. The molecule has 0 aliphatic carbocycles. The van der Waals surface area contributed by atoms with E-state index in [1.807, 2.05) is 0 Å². The molecule has 3 heteroatoms. The molecule has 21 heavy (non-hydrogen) atoms. The van der Waals surface area contributed by atoms with Crippen LogP contribution in [0.15, 0.2) is 0 Å². The van der Waals surface area contributed by atoms with Crippen LogP contribution in [0.5, 0.6) is 0 Å². The predicted octanol–water partition coefficient (Wildman–Crippen LogP) is 4.84. The number of likely N-dealkylation sites (tertiary alicyclic amines) is 1. The summed E-state index contributed by atoms with van der Waals surface area (Å²) in [7, 11) is 12.3. The number of hydrogen-bond donors (Lipinski definition) is 0. The van der Waals surface area contributed by atoms with E-state index >= 15 is 0 Å². The van der Waals surface area contributed by atoms with Crippen molar-refractivity contribution >= 4 is 15.7 Å². The molecule has 0 amide bonds. The molecule has 0 atom stereocenters. The van der Waals surface area contributed by atoms with Crippen molar-refractivity contribution in [1.82, 2.24) is 4.90 Å². The lowest BCUT2D eigenvalue weighted by Crippen LogP contribution is -2.45. The fourth-order valence-electron chi connectivity index (χ4n) is 3.62. The summed E-state index contributed by atoms with van der Waals surface area (Å²) in [4.78, 5) is 2.59. The third-order valence-corrected chi connectivity index (χ3v) is 5.23. The maximum Gasteiger partial charge on any atom is 0.0638 e. The summed E-state index contributed by atoms with van der Waals surface area (Å²) >= 11 is 0. The second-order valence-corrected chi connectivity index (χ2v) is 7.52. The third kappa shape index (κ3) is 6.80. The van der Waals surface area contributed by atoms with E-state index in [9.17, 15) is 0 Å². The molecule has 0 N–H and O–H groups in total. The Morgan fingerprint density at radius 3 is 1.81 bits per heavy atom. The SMILES string of the molecule is [B]C1([B])CCN(C(C)(CCCCCC)CCCCCC)C1.